The predicted octanol–water partition coefficient (Wildman–Crippen LogP) is -0.477. The summed E-state index contributed by atoms with van der Waals surface area (Å²) in [4.78, 5) is 4.48. The van der Waals surface area contributed by atoms with E-state index in [1.54, 1.807) is 0 Å². The van der Waals surface area contributed by atoms with E-state index in [-0.39, 0.29) is 0 Å². The van der Waals surface area contributed by atoms with E-state index in [0.717, 1.165) is 13.1 Å². The average Bonchev–Trinajstić information content (AvgIpc) is 2.09. The van der Waals surface area contributed by atoms with Crippen molar-refractivity contribution in [2.45, 2.75) is 13.8 Å². The van der Waals surface area contributed by atoms with Crippen LogP contribution in [0, 0.1) is 0 Å². The highest BCUT2D eigenvalue weighted by atomic mass is 32.3. The van der Waals surface area contributed by atoms with Gasteiger partial charge in [-0.25, -0.2) is 8.42 Å². The van der Waals surface area contributed by atoms with Gasteiger partial charge in [-0.15, -0.1) is 0 Å². The Morgan fingerprint density at radius 2 is 1.53 bits per heavy atom. The van der Waals surface area contributed by atoms with Crippen LogP contribution in [0.4, 0.5) is 0 Å². The van der Waals surface area contributed by atoms with Gasteiger partial charge in [0.2, 0.25) is 10.4 Å². The van der Waals surface area contributed by atoms with Gasteiger partial charge >= 0.3 is 5.96 Å². The SMILES string of the molecule is CCN(CC)C(N(C)C)=[N+](C)C.O=S(=O)([O-])O. The summed E-state index contributed by atoms with van der Waals surface area (Å²) in [5.74, 6) is 1.26. The second-order valence-electron chi connectivity index (χ2n) is 3.69. The topological polar surface area (TPSA) is 86.9 Å². The van der Waals surface area contributed by atoms with Crippen LogP contribution < -0.4 is 0 Å². The molecule has 0 fully saturated rings. The Morgan fingerprint density at radius 1 is 1.24 bits per heavy atom. The van der Waals surface area contributed by atoms with Crippen molar-refractivity contribution in [3.05, 3.63) is 0 Å². The maximum atomic E-state index is 8.63. The number of guanidine groups is 1. The molecule has 0 saturated carbocycles. The Labute approximate surface area is 104 Å². The average molecular weight is 269 g/mol. The first kappa shape index (κ1) is 18.5. The van der Waals surface area contributed by atoms with Crippen LogP contribution >= 0.6 is 0 Å². The van der Waals surface area contributed by atoms with Crippen LogP contribution in [0.3, 0.4) is 0 Å². The lowest BCUT2D eigenvalue weighted by atomic mass is 10.5. The maximum Gasteiger partial charge on any atom is 0.349 e. The van der Waals surface area contributed by atoms with Gasteiger partial charge in [0.25, 0.3) is 0 Å². The van der Waals surface area contributed by atoms with Crippen molar-refractivity contribution in [3.63, 3.8) is 0 Å². The fraction of sp³-hybridized carbons (Fsp3) is 0.889. The molecule has 0 spiro atoms. The van der Waals surface area contributed by atoms with E-state index in [1.165, 1.54) is 5.96 Å². The van der Waals surface area contributed by atoms with E-state index >= 15 is 0 Å². The normalized spacial score (nSPS) is 10.1. The largest absolute Gasteiger partial charge is 0.726 e. The second kappa shape index (κ2) is 8.26. The molecular formula is C9H23N3O4S. The van der Waals surface area contributed by atoms with E-state index in [4.69, 9.17) is 17.5 Å². The highest BCUT2D eigenvalue weighted by Gasteiger charge is 2.18. The van der Waals surface area contributed by atoms with Crippen LogP contribution in [0.1, 0.15) is 13.8 Å². The minimum atomic E-state index is -4.92. The molecule has 0 saturated heterocycles. The van der Waals surface area contributed by atoms with E-state index in [9.17, 15) is 0 Å². The second-order valence-corrected chi connectivity index (χ2v) is 4.54. The molecule has 0 unspecified atom stereocenters. The van der Waals surface area contributed by atoms with Gasteiger partial charge in [0.05, 0.1) is 41.3 Å². The van der Waals surface area contributed by atoms with Crippen LogP contribution in [-0.4, -0.2) is 79.1 Å². The summed E-state index contributed by atoms with van der Waals surface area (Å²) in [6, 6.07) is 0. The molecule has 0 aliphatic carbocycles. The molecule has 0 bridgehead atoms. The Bertz CT molecular complexity index is 322. The van der Waals surface area contributed by atoms with Crippen molar-refractivity contribution in [1.29, 1.82) is 0 Å². The number of hydrogen-bond donors (Lipinski definition) is 1. The molecule has 8 heteroatoms. The van der Waals surface area contributed by atoms with Crippen LogP contribution in [0.15, 0.2) is 0 Å². The van der Waals surface area contributed by atoms with Crippen LogP contribution in [0.5, 0.6) is 0 Å². The predicted molar refractivity (Wildman–Crippen MR) is 66.0 cm³/mol. The van der Waals surface area contributed by atoms with E-state index in [2.05, 4.69) is 56.4 Å². The summed E-state index contributed by atoms with van der Waals surface area (Å²) in [7, 11) is 3.39. The van der Waals surface area contributed by atoms with Crippen molar-refractivity contribution < 1.29 is 22.1 Å². The lowest BCUT2D eigenvalue weighted by molar-refractivity contribution is -0.475. The molecule has 0 heterocycles. The van der Waals surface area contributed by atoms with E-state index in [1.807, 2.05) is 0 Å². The molecule has 17 heavy (non-hydrogen) atoms. The van der Waals surface area contributed by atoms with Crippen LogP contribution in [0.25, 0.3) is 0 Å². The smallest absolute Gasteiger partial charge is 0.349 e. The van der Waals surface area contributed by atoms with Gasteiger partial charge in [-0.05, 0) is 13.8 Å². The standard InChI is InChI=1S/C9H22N3.H2O4S/c1-7-12(8-2)9(10(3)4)11(5)6;1-5(2,3)4/h7-8H2,1-6H3;(H2,1,2,3,4)/q+1;/p-1. The first-order valence-corrected chi connectivity index (χ1v) is 6.55. The zero-order valence-corrected chi connectivity index (χ0v) is 12.2. The zero-order chi connectivity index (χ0) is 14.2. The third-order valence-corrected chi connectivity index (χ3v) is 1.85. The Morgan fingerprint density at radius 3 is 1.59 bits per heavy atom. The number of nitrogens with zero attached hydrogens (tertiary/aromatic N) is 3. The van der Waals surface area contributed by atoms with Gasteiger partial charge < -0.3 is 4.55 Å². The van der Waals surface area contributed by atoms with Crippen molar-refractivity contribution in [1.82, 2.24) is 9.80 Å². The van der Waals surface area contributed by atoms with Gasteiger partial charge in [-0.1, -0.05) is 0 Å². The maximum absolute atomic E-state index is 8.63. The molecule has 0 aliphatic rings. The highest BCUT2D eigenvalue weighted by molar-refractivity contribution is 7.79. The molecule has 0 amide bonds. The first-order valence-electron chi connectivity index (χ1n) is 5.19. The monoisotopic (exact) mass is 269 g/mol. The summed E-state index contributed by atoms with van der Waals surface area (Å²) in [6.07, 6.45) is 0. The summed E-state index contributed by atoms with van der Waals surface area (Å²) < 4.78 is 35.0. The van der Waals surface area contributed by atoms with Gasteiger partial charge in [0, 0.05) is 0 Å². The summed E-state index contributed by atoms with van der Waals surface area (Å²) in [5, 5.41) is 0. The quantitative estimate of drug-likeness (QED) is 0.240. The molecule has 1 N–H and O–H groups in total. The van der Waals surface area contributed by atoms with Crippen LogP contribution in [0.2, 0.25) is 0 Å². The molecule has 0 aromatic heterocycles. The lowest BCUT2D eigenvalue weighted by Gasteiger charge is -2.22. The molecule has 0 radical (unpaired) electrons. The minimum absolute atomic E-state index is 1.06. The van der Waals surface area contributed by atoms with Gasteiger partial charge in [-0.3, -0.25) is 18.9 Å². The fourth-order valence-electron chi connectivity index (χ4n) is 1.47. The third-order valence-electron chi connectivity index (χ3n) is 1.85. The molecule has 104 valence electrons. The Kier molecular flexibility index (Phi) is 8.99. The third kappa shape index (κ3) is 11.4. The van der Waals surface area contributed by atoms with Crippen molar-refractivity contribution in [3.8, 4) is 0 Å². The van der Waals surface area contributed by atoms with Gasteiger partial charge in [0.15, 0.2) is 0 Å². The molecular weight excluding hydrogens is 246 g/mol. The van der Waals surface area contributed by atoms with Crippen LogP contribution in [-0.2, 0) is 10.4 Å². The first-order chi connectivity index (χ1) is 7.54. The Hall–Kier alpha value is -0.860. The number of rotatable bonds is 2. The highest BCUT2D eigenvalue weighted by Crippen LogP contribution is 1.93. The van der Waals surface area contributed by atoms with E-state index < -0.39 is 10.4 Å². The van der Waals surface area contributed by atoms with E-state index in [0.29, 0.717) is 0 Å². The molecule has 0 rings (SSSR count). The van der Waals surface area contributed by atoms with Gasteiger partial charge in [0.1, 0.15) is 0 Å². The molecule has 0 aliphatic heterocycles. The van der Waals surface area contributed by atoms with Crippen molar-refractivity contribution in [2.24, 2.45) is 0 Å². The fourth-order valence-corrected chi connectivity index (χ4v) is 1.47. The van der Waals surface area contributed by atoms with Crippen molar-refractivity contribution >= 4 is 16.4 Å². The molecule has 7 nitrogen and oxygen atoms in total. The molecule has 0 aromatic rings. The van der Waals surface area contributed by atoms with Gasteiger partial charge in [-0.2, -0.15) is 0 Å². The molecule has 0 atom stereocenters. The lowest BCUT2D eigenvalue weighted by Crippen LogP contribution is -2.45. The number of hydrogen-bond acceptors (Lipinski definition) is 3. The van der Waals surface area contributed by atoms with Crippen molar-refractivity contribution in [2.75, 3.05) is 41.3 Å². The zero-order valence-electron chi connectivity index (χ0n) is 11.3. The summed E-state index contributed by atoms with van der Waals surface area (Å²) >= 11 is 0. The summed E-state index contributed by atoms with van der Waals surface area (Å²) in [5.41, 5.74) is 0. The Balaban J connectivity index is 0. The minimum Gasteiger partial charge on any atom is -0.726 e. The molecule has 0 aromatic carbocycles. The summed E-state index contributed by atoms with van der Waals surface area (Å²) in [6.45, 7) is 6.47.